The number of carbonyl (C=O) groups is 1. The molecule has 0 aliphatic carbocycles. The molecule has 1 rings (SSSR count). The molecule has 1 aromatic carbocycles. The molecule has 0 fully saturated rings. The van der Waals surface area contributed by atoms with Gasteiger partial charge in [0.25, 0.3) is 0 Å². The Morgan fingerprint density at radius 3 is 2.61 bits per heavy atom. The third-order valence-electron chi connectivity index (χ3n) is 3.13. The Balaban J connectivity index is 2.97. The summed E-state index contributed by atoms with van der Waals surface area (Å²) >= 11 is 5.94. The molecule has 100 valence electrons. The van der Waals surface area contributed by atoms with Crippen molar-refractivity contribution in [1.82, 2.24) is 4.90 Å². The highest BCUT2D eigenvalue weighted by Gasteiger charge is 2.32. The van der Waals surface area contributed by atoms with Crippen LogP contribution < -0.4 is 4.74 Å². The van der Waals surface area contributed by atoms with Crippen molar-refractivity contribution in [3.8, 4) is 5.75 Å². The van der Waals surface area contributed by atoms with E-state index in [1.807, 2.05) is 0 Å². The first-order valence-electron chi connectivity index (χ1n) is 5.56. The summed E-state index contributed by atoms with van der Waals surface area (Å²) in [5.74, 6) is -0.168. The zero-order chi connectivity index (χ0) is 13.9. The van der Waals surface area contributed by atoms with Gasteiger partial charge in [-0.2, -0.15) is 0 Å². The van der Waals surface area contributed by atoms with E-state index in [2.05, 4.69) is 0 Å². The van der Waals surface area contributed by atoms with Gasteiger partial charge in [0.15, 0.2) is 0 Å². The van der Waals surface area contributed by atoms with Gasteiger partial charge < -0.3 is 9.84 Å². The number of likely N-dealkylation sites (N-methyl/N-ethyl adjacent to an activating group) is 1. The molecular weight excluding hydrogens is 254 g/mol. The predicted molar refractivity (Wildman–Crippen MR) is 71.2 cm³/mol. The second kappa shape index (κ2) is 5.59. The van der Waals surface area contributed by atoms with Crippen molar-refractivity contribution in [2.24, 2.45) is 0 Å². The molecule has 0 radical (unpaired) electrons. The molecule has 0 spiro atoms. The number of hydrogen-bond donors (Lipinski definition) is 1. The zero-order valence-corrected chi connectivity index (χ0v) is 11.8. The van der Waals surface area contributed by atoms with E-state index in [1.54, 1.807) is 51.1 Å². The summed E-state index contributed by atoms with van der Waals surface area (Å²) in [7, 11) is 3.34. The fraction of sp³-hybridized carbons (Fsp3) is 0.462. The highest BCUT2D eigenvalue weighted by Crippen LogP contribution is 2.26. The molecule has 0 saturated heterocycles. The van der Waals surface area contributed by atoms with Crippen LogP contribution in [0.15, 0.2) is 18.2 Å². The standard InChI is InChI=1S/C13H18ClNO3/c1-13(2,12(16)17)15(3)8-9-7-10(14)5-6-11(9)18-4/h5-7H,8H2,1-4H3,(H,16,17). The van der Waals surface area contributed by atoms with E-state index in [-0.39, 0.29) is 0 Å². The van der Waals surface area contributed by atoms with Gasteiger partial charge in [0.1, 0.15) is 11.3 Å². The Labute approximate surface area is 112 Å². The number of nitrogens with zero attached hydrogens (tertiary/aromatic N) is 1. The van der Waals surface area contributed by atoms with Gasteiger partial charge in [-0.3, -0.25) is 9.69 Å². The molecule has 4 nitrogen and oxygen atoms in total. The van der Waals surface area contributed by atoms with Crippen LogP contribution in [0.3, 0.4) is 0 Å². The molecule has 1 N–H and O–H groups in total. The van der Waals surface area contributed by atoms with Crippen LogP contribution in [0.1, 0.15) is 19.4 Å². The largest absolute Gasteiger partial charge is 0.496 e. The molecule has 0 amide bonds. The minimum atomic E-state index is -0.951. The molecule has 0 heterocycles. The number of halogens is 1. The lowest BCUT2D eigenvalue weighted by molar-refractivity contribution is -0.148. The monoisotopic (exact) mass is 271 g/mol. The maximum absolute atomic E-state index is 11.2. The maximum atomic E-state index is 11.2. The van der Waals surface area contributed by atoms with E-state index in [0.717, 1.165) is 5.56 Å². The Morgan fingerprint density at radius 1 is 1.50 bits per heavy atom. The minimum Gasteiger partial charge on any atom is -0.496 e. The SMILES string of the molecule is COc1ccc(Cl)cc1CN(C)C(C)(C)C(=O)O. The van der Waals surface area contributed by atoms with Crippen LogP contribution in [0.5, 0.6) is 5.75 Å². The van der Waals surface area contributed by atoms with Gasteiger partial charge in [0, 0.05) is 17.1 Å². The van der Waals surface area contributed by atoms with Gasteiger partial charge in [-0.05, 0) is 39.1 Å². The van der Waals surface area contributed by atoms with E-state index >= 15 is 0 Å². The van der Waals surface area contributed by atoms with Gasteiger partial charge in [-0.25, -0.2) is 0 Å². The summed E-state index contributed by atoms with van der Waals surface area (Å²) in [5, 5.41) is 9.78. The molecule has 18 heavy (non-hydrogen) atoms. The number of benzene rings is 1. The van der Waals surface area contributed by atoms with Gasteiger partial charge in [-0.1, -0.05) is 11.6 Å². The first-order chi connectivity index (χ1) is 8.28. The van der Waals surface area contributed by atoms with Gasteiger partial charge in [0.2, 0.25) is 0 Å². The van der Waals surface area contributed by atoms with E-state index in [9.17, 15) is 9.90 Å². The first kappa shape index (κ1) is 14.8. The number of aliphatic carboxylic acids is 1. The summed E-state index contributed by atoms with van der Waals surface area (Å²) in [4.78, 5) is 12.9. The molecule has 0 aliphatic heterocycles. The second-order valence-corrected chi connectivity index (χ2v) is 5.11. The normalized spacial score (nSPS) is 11.7. The average molecular weight is 272 g/mol. The van der Waals surface area contributed by atoms with Crippen LogP contribution in [0.25, 0.3) is 0 Å². The summed E-state index contributed by atoms with van der Waals surface area (Å²) in [5.41, 5.74) is -0.0883. The number of ether oxygens (including phenoxy) is 1. The number of hydrogen-bond acceptors (Lipinski definition) is 3. The lowest BCUT2D eigenvalue weighted by atomic mass is 10.0. The van der Waals surface area contributed by atoms with Crippen molar-refractivity contribution in [2.75, 3.05) is 14.2 Å². The van der Waals surface area contributed by atoms with E-state index in [0.29, 0.717) is 17.3 Å². The van der Waals surface area contributed by atoms with E-state index < -0.39 is 11.5 Å². The lowest BCUT2D eigenvalue weighted by Crippen LogP contribution is -2.47. The Kier molecular flexibility index (Phi) is 4.59. The smallest absolute Gasteiger partial charge is 0.323 e. The van der Waals surface area contributed by atoms with Gasteiger partial charge in [-0.15, -0.1) is 0 Å². The highest BCUT2D eigenvalue weighted by molar-refractivity contribution is 6.30. The molecule has 0 aromatic heterocycles. The highest BCUT2D eigenvalue weighted by atomic mass is 35.5. The zero-order valence-electron chi connectivity index (χ0n) is 11.0. The number of methoxy groups -OCH3 is 1. The van der Waals surface area contributed by atoms with Crippen LogP contribution in [0, 0.1) is 0 Å². The van der Waals surface area contributed by atoms with Crippen molar-refractivity contribution >= 4 is 17.6 Å². The Morgan fingerprint density at radius 2 is 2.11 bits per heavy atom. The topological polar surface area (TPSA) is 49.8 Å². The Bertz CT molecular complexity index is 446. The third kappa shape index (κ3) is 3.15. The fourth-order valence-corrected chi connectivity index (χ4v) is 1.68. The quantitative estimate of drug-likeness (QED) is 0.894. The van der Waals surface area contributed by atoms with E-state index in [4.69, 9.17) is 16.3 Å². The summed E-state index contributed by atoms with van der Waals surface area (Å²) < 4.78 is 5.24. The van der Waals surface area contributed by atoms with Crippen LogP contribution >= 0.6 is 11.6 Å². The third-order valence-corrected chi connectivity index (χ3v) is 3.36. The van der Waals surface area contributed by atoms with Crippen molar-refractivity contribution in [3.05, 3.63) is 28.8 Å². The second-order valence-electron chi connectivity index (χ2n) is 4.68. The first-order valence-corrected chi connectivity index (χ1v) is 5.94. The molecule has 5 heteroatoms. The summed E-state index contributed by atoms with van der Waals surface area (Å²) in [6.07, 6.45) is 0. The molecule has 0 bridgehead atoms. The number of carboxylic acid groups (broad SMARTS) is 1. The molecule has 0 saturated carbocycles. The maximum Gasteiger partial charge on any atom is 0.323 e. The number of rotatable bonds is 5. The fourth-order valence-electron chi connectivity index (χ4n) is 1.49. The summed E-state index contributed by atoms with van der Waals surface area (Å²) in [6, 6.07) is 5.31. The van der Waals surface area contributed by atoms with Crippen LogP contribution in [-0.2, 0) is 11.3 Å². The molecule has 0 atom stereocenters. The lowest BCUT2D eigenvalue weighted by Gasteiger charge is -2.31. The van der Waals surface area contributed by atoms with Crippen molar-refractivity contribution in [2.45, 2.75) is 25.9 Å². The number of carboxylic acids is 1. The average Bonchev–Trinajstić information content (AvgIpc) is 2.29. The molecule has 0 aliphatic rings. The van der Waals surface area contributed by atoms with Crippen molar-refractivity contribution < 1.29 is 14.6 Å². The summed E-state index contributed by atoms with van der Waals surface area (Å²) in [6.45, 7) is 3.77. The minimum absolute atomic E-state index is 0.447. The molecule has 0 unspecified atom stereocenters. The molecular formula is C13H18ClNO3. The Hall–Kier alpha value is -1.26. The van der Waals surface area contributed by atoms with Gasteiger partial charge >= 0.3 is 5.97 Å². The molecule has 1 aromatic rings. The van der Waals surface area contributed by atoms with Crippen molar-refractivity contribution in [3.63, 3.8) is 0 Å². The van der Waals surface area contributed by atoms with Crippen LogP contribution in [0.2, 0.25) is 5.02 Å². The van der Waals surface area contributed by atoms with Crippen LogP contribution in [-0.4, -0.2) is 35.7 Å². The predicted octanol–water partition coefficient (Wildman–Crippen LogP) is 2.64. The van der Waals surface area contributed by atoms with Crippen molar-refractivity contribution in [1.29, 1.82) is 0 Å². The van der Waals surface area contributed by atoms with Gasteiger partial charge in [0.05, 0.1) is 7.11 Å². The van der Waals surface area contributed by atoms with E-state index in [1.165, 1.54) is 0 Å². The van der Waals surface area contributed by atoms with Crippen LogP contribution in [0.4, 0.5) is 0 Å².